The van der Waals surface area contributed by atoms with Crippen molar-refractivity contribution in [2.45, 2.75) is 31.5 Å². The molecule has 2 atom stereocenters. The molecule has 0 spiro atoms. The topological polar surface area (TPSA) is 65.3 Å². The molecule has 0 bridgehead atoms. The van der Waals surface area contributed by atoms with Gasteiger partial charge in [-0.3, -0.25) is 0 Å². The minimum Gasteiger partial charge on any atom is -0.478 e. The number of carboxylic acids is 1. The van der Waals surface area contributed by atoms with Gasteiger partial charge < -0.3 is 10.0 Å². The van der Waals surface area contributed by atoms with Crippen molar-refractivity contribution in [3.8, 4) is 0 Å². The maximum Gasteiger partial charge on any atom is 0.337 e. The van der Waals surface area contributed by atoms with Crippen LogP contribution in [0.4, 0.5) is 17.1 Å². The van der Waals surface area contributed by atoms with E-state index in [1.807, 2.05) is 39.0 Å². The fourth-order valence-corrected chi connectivity index (χ4v) is 3.02. The molecule has 0 aliphatic heterocycles. The summed E-state index contributed by atoms with van der Waals surface area (Å²) >= 11 is 12.3. The lowest BCUT2D eigenvalue weighted by atomic mass is 10.1. The highest BCUT2D eigenvalue weighted by molar-refractivity contribution is 6.21. The van der Waals surface area contributed by atoms with Crippen molar-refractivity contribution in [2.24, 2.45) is 10.2 Å². The van der Waals surface area contributed by atoms with Gasteiger partial charge in [0.25, 0.3) is 0 Å². The lowest BCUT2D eigenvalue weighted by Gasteiger charge is -2.27. The van der Waals surface area contributed by atoms with Gasteiger partial charge in [0.1, 0.15) is 5.69 Å². The lowest BCUT2D eigenvalue weighted by Crippen LogP contribution is -2.33. The zero-order valence-electron chi connectivity index (χ0n) is 15.6. The van der Waals surface area contributed by atoms with Crippen LogP contribution in [-0.2, 0) is 0 Å². The van der Waals surface area contributed by atoms with Crippen molar-refractivity contribution in [3.63, 3.8) is 0 Å². The molecule has 2 rings (SSSR count). The van der Waals surface area contributed by atoms with E-state index in [2.05, 4.69) is 15.1 Å². The van der Waals surface area contributed by atoms with E-state index in [-0.39, 0.29) is 16.3 Å². The first-order valence-corrected chi connectivity index (χ1v) is 9.53. The number of aromatic carboxylic acids is 1. The first-order valence-electron chi connectivity index (χ1n) is 8.65. The molecule has 0 radical (unpaired) electrons. The van der Waals surface area contributed by atoms with E-state index in [0.29, 0.717) is 24.5 Å². The van der Waals surface area contributed by atoms with Crippen molar-refractivity contribution in [2.75, 3.05) is 18.0 Å². The first kappa shape index (κ1) is 21.2. The zero-order valence-corrected chi connectivity index (χ0v) is 17.1. The third-order valence-electron chi connectivity index (χ3n) is 3.89. The van der Waals surface area contributed by atoms with Crippen molar-refractivity contribution in [3.05, 3.63) is 53.6 Å². The van der Waals surface area contributed by atoms with E-state index in [4.69, 9.17) is 23.2 Å². The fourth-order valence-electron chi connectivity index (χ4n) is 2.69. The van der Waals surface area contributed by atoms with Gasteiger partial charge in [0.15, 0.2) is 0 Å². The molecule has 0 heterocycles. The number of nitrogens with zero attached hydrogens (tertiary/aromatic N) is 3. The van der Waals surface area contributed by atoms with Gasteiger partial charge in [0, 0.05) is 29.5 Å². The molecule has 5 nitrogen and oxygen atoms in total. The van der Waals surface area contributed by atoms with Crippen LogP contribution in [0.25, 0.3) is 0 Å². The van der Waals surface area contributed by atoms with E-state index < -0.39 is 5.97 Å². The second kappa shape index (κ2) is 9.72. The largest absolute Gasteiger partial charge is 0.478 e. The number of aryl methyl sites for hydroxylation is 1. The zero-order chi connectivity index (χ0) is 20.0. The Hall–Kier alpha value is -2.11. The molecule has 2 unspecified atom stereocenters. The molecule has 1 N–H and O–H groups in total. The van der Waals surface area contributed by atoms with Gasteiger partial charge in [0.05, 0.1) is 11.3 Å². The summed E-state index contributed by atoms with van der Waals surface area (Å²) in [5.74, 6) is -1.03. The number of carboxylic acid groups (broad SMARTS) is 1. The van der Waals surface area contributed by atoms with Crippen molar-refractivity contribution < 1.29 is 9.90 Å². The van der Waals surface area contributed by atoms with Crippen LogP contribution in [0.2, 0.25) is 0 Å². The van der Waals surface area contributed by atoms with Crippen LogP contribution < -0.4 is 4.90 Å². The van der Waals surface area contributed by atoms with Crippen LogP contribution in [0.15, 0.2) is 52.7 Å². The third kappa shape index (κ3) is 6.22. The summed E-state index contributed by atoms with van der Waals surface area (Å²) < 4.78 is 0. The van der Waals surface area contributed by atoms with Gasteiger partial charge >= 0.3 is 5.97 Å². The Morgan fingerprint density at radius 2 is 1.63 bits per heavy atom. The number of alkyl halides is 2. The minimum atomic E-state index is -1.03. The monoisotopic (exact) mass is 407 g/mol. The summed E-state index contributed by atoms with van der Waals surface area (Å²) in [5.41, 5.74) is 3.06. The highest BCUT2D eigenvalue weighted by Crippen LogP contribution is 2.28. The summed E-state index contributed by atoms with van der Waals surface area (Å²) in [5, 5.41) is 17.6. The van der Waals surface area contributed by atoms with Crippen LogP contribution in [0, 0.1) is 6.92 Å². The van der Waals surface area contributed by atoms with Crippen LogP contribution in [0.3, 0.4) is 0 Å². The quantitative estimate of drug-likeness (QED) is 0.420. The molecule has 0 amide bonds. The fraction of sp³-hybridized carbons (Fsp3) is 0.350. The maximum absolute atomic E-state index is 11.3. The predicted molar refractivity (Wildman–Crippen MR) is 112 cm³/mol. The Labute approximate surface area is 169 Å². The second-order valence-corrected chi connectivity index (χ2v) is 7.95. The van der Waals surface area contributed by atoms with Gasteiger partial charge in [-0.05, 0) is 56.7 Å². The summed E-state index contributed by atoms with van der Waals surface area (Å²) in [6.45, 7) is 7.20. The average molecular weight is 408 g/mol. The Morgan fingerprint density at radius 3 is 2.19 bits per heavy atom. The van der Waals surface area contributed by atoms with Gasteiger partial charge in [0.2, 0.25) is 0 Å². The average Bonchev–Trinajstić information content (AvgIpc) is 2.59. The van der Waals surface area contributed by atoms with Gasteiger partial charge in [-0.2, -0.15) is 5.11 Å². The standard InChI is InChI=1S/C20H23Cl2N3O2/c1-13-10-16(25(11-14(2)21)12-15(3)22)8-9-18(13)23-24-19-7-5-4-6-17(19)20(26)27/h4-10,14-15H,11-12H2,1-3H3,(H,26,27). The Kier molecular flexibility index (Phi) is 7.63. The smallest absolute Gasteiger partial charge is 0.337 e. The molecule has 2 aromatic carbocycles. The molecular weight excluding hydrogens is 385 g/mol. The Balaban J connectivity index is 2.27. The van der Waals surface area contributed by atoms with Gasteiger partial charge in [-0.1, -0.05) is 12.1 Å². The number of anilines is 1. The molecule has 0 saturated carbocycles. The number of azo groups is 1. The number of hydrogen-bond donors (Lipinski definition) is 1. The van der Waals surface area contributed by atoms with Crippen molar-refractivity contribution in [1.82, 2.24) is 0 Å². The molecule has 0 fully saturated rings. The molecule has 0 aliphatic carbocycles. The second-order valence-electron chi connectivity index (χ2n) is 6.46. The summed E-state index contributed by atoms with van der Waals surface area (Å²) in [7, 11) is 0. The molecular formula is C20H23Cl2N3O2. The molecule has 2 aromatic rings. The Bertz CT molecular complexity index is 813. The highest BCUT2D eigenvalue weighted by Gasteiger charge is 2.13. The highest BCUT2D eigenvalue weighted by atomic mass is 35.5. The van der Waals surface area contributed by atoms with E-state index in [9.17, 15) is 9.90 Å². The number of hydrogen-bond acceptors (Lipinski definition) is 4. The van der Waals surface area contributed by atoms with E-state index >= 15 is 0 Å². The summed E-state index contributed by atoms with van der Waals surface area (Å²) in [6.07, 6.45) is 0. The summed E-state index contributed by atoms with van der Waals surface area (Å²) in [4.78, 5) is 13.4. The van der Waals surface area contributed by atoms with Crippen molar-refractivity contribution >= 4 is 46.2 Å². The lowest BCUT2D eigenvalue weighted by molar-refractivity contribution is 0.0697. The van der Waals surface area contributed by atoms with Gasteiger partial charge in [-0.25, -0.2) is 4.79 Å². The third-order valence-corrected chi connectivity index (χ3v) is 4.17. The maximum atomic E-state index is 11.3. The van der Waals surface area contributed by atoms with E-state index in [0.717, 1.165) is 11.3 Å². The molecule has 27 heavy (non-hydrogen) atoms. The minimum absolute atomic E-state index is 0.00685. The van der Waals surface area contributed by atoms with Crippen molar-refractivity contribution in [1.29, 1.82) is 0 Å². The van der Waals surface area contributed by atoms with Gasteiger partial charge in [-0.15, -0.1) is 28.3 Å². The molecule has 0 aromatic heterocycles. The number of benzene rings is 2. The molecule has 0 saturated heterocycles. The Morgan fingerprint density at radius 1 is 1.04 bits per heavy atom. The van der Waals surface area contributed by atoms with E-state index in [1.165, 1.54) is 6.07 Å². The normalized spacial score (nSPS) is 13.5. The number of halogens is 2. The van der Waals surface area contributed by atoms with Crippen LogP contribution in [-0.4, -0.2) is 34.9 Å². The van der Waals surface area contributed by atoms with Crippen LogP contribution >= 0.6 is 23.2 Å². The number of carbonyl (C=O) groups is 1. The predicted octanol–water partition coefficient (Wildman–Crippen LogP) is 6.17. The molecule has 0 aliphatic rings. The molecule has 144 valence electrons. The molecule has 7 heteroatoms. The number of rotatable bonds is 8. The first-order chi connectivity index (χ1) is 12.8. The SMILES string of the molecule is Cc1cc(N(CC(C)Cl)CC(C)Cl)ccc1N=Nc1ccccc1C(=O)O. The van der Waals surface area contributed by atoms with Crippen LogP contribution in [0.5, 0.6) is 0 Å². The summed E-state index contributed by atoms with van der Waals surface area (Å²) in [6, 6.07) is 12.3. The van der Waals surface area contributed by atoms with Crippen LogP contribution in [0.1, 0.15) is 29.8 Å². The van der Waals surface area contributed by atoms with E-state index in [1.54, 1.807) is 18.2 Å².